The Morgan fingerprint density at radius 1 is 1.38 bits per heavy atom. The van der Waals surface area contributed by atoms with Crippen molar-refractivity contribution in [3.8, 4) is 0 Å². The number of carboxylic acids is 1. The van der Waals surface area contributed by atoms with Crippen LogP contribution >= 0.6 is 11.6 Å². The number of hydrogen-bond donors (Lipinski definition) is 1. The van der Waals surface area contributed by atoms with Crippen molar-refractivity contribution in [2.75, 3.05) is 7.05 Å². The van der Waals surface area contributed by atoms with Crippen molar-refractivity contribution in [2.24, 2.45) is 0 Å². The molecule has 1 aromatic rings. The summed E-state index contributed by atoms with van der Waals surface area (Å²) in [6, 6.07) is 0.363. The highest BCUT2D eigenvalue weighted by Crippen LogP contribution is 2.34. The van der Waals surface area contributed by atoms with Gasteiger partial charge >= 0.3 is 12.1 Å². The molecule has 5 nitrogen and oxygen atoms in total. The second-order valence-corrected chi connectivity index (χ2v) is 6.55. The molecule has 0 aromatic heterocycles. The smallest absolute Gasteiger partial charge is 0.416 e. The van der Waals surface area contributed by atoms with E-state index >= 15 is 0 Å². The van der Waals surface area contributed by atoms with Gasteiger partial charge in [-0.2, -0.15) is 17.5 Å². The van der Waals surface area contributed by atoms with Gasteiger partial charge in [0, 0.05) is 7.05 Å². The third kappa shape index (κ3) is 3.66. The van der Waals surface area contributed by atoms with E-state index in [0.29, 0.717) is 16.4 Å². The predicted octanol–water partition coefficient (Wildman–Crippen LogP) is 2.45. The molecule has 0 amide bonds. The zero-order valence-electron chi connectivity index (χ0n) is 10.8. The van der Waals surface area contributed by atoms with Gasteiger partial charge in [-0.05, 0) is 25.1 Å². The molecule has 0 saturated carbocycles. The molecule has 1 atom stereocenters. The van der Waals surface area contributed by atoms with Gasteiger partial charge in [-0.1, -0.05) is 11.6 Å². The zero-order valence-corrected chi connectivity index (χ0v) is 12.4. The number of carboxylic acid groups (broad SMARTS) is 1. The van der Waals surface area contributed by atoms with E-state index in [1.165, 1.54) is 0 Å². The van der Waals surface area contributed by atoms with Crippen LogP contribution < -0.4 is 0 Å². The summed E-state index contributed by atoms with van der Waals surface area (Å²) < 4.78 is 62.7. The van der Waals surface area contributed by atoms with Crippen LogP contribution in [0.25, 0.3) is 0 Å². The van der Waals surface area contributed by atoms with Gasteiger partial charge in [-0.15, -0.1) is 0 Å². The summed E-state index contributed by atoms with van der Waals surface area (Å²) in [5, 5.41) is 8.37. The van der Waals surface area contributed by atoms with Crippen LogP contribution in [0.5, 0.6) is 0 Å². The molecule has 118 valence electrons. The lowest BCUT2D eigenvalue weighted by atomic mass is 10.2. The van der Waals surface area contributed by atoms with E-state index in [0.717, 1.165) is 20.0 Å². The predicted molar refractivity (Wildman–Crippen MR) is 68.5 cm³/mol. The lowest BCUT2D eigenvalue weighted by Crippen LogP contribution is -2.40. The van der Waals surface area contributed by atoms with Crippen molar-refractivity contribution < 1.29 is 31.5 Å². The molecular formula is C11H11ClF3NO4S. The van der Waals surface area contributed by atoms with Crippen LogP contribution in [0.4, 0.5) is 13.2 Å². The molecule has 0 bridgehead atoms. The summed E-state index contributed by atoms with van der Waals surface area (Å²) >= 11 is 5.64. The summed E-state index contributed by atoms with van der Waals surface area (Å²) in [4.78, 5) is 10.0. The van der Waals surface area contributed by atoms with Crippen molar-refractivity contribution in [1.82, 2.24) is 4.31 Å². The molecule has 1 rings (SSSR count). The Labute approximate surface area is 124 Å². The monoisotopic (exact) mass is 345 g/mol. The van der Waals surface area contributed by atoms with E-state index in [-0.39, 0.29) is 0 Å². The summed E-state index contributed by atoms with van der Waals surface area (Å²) in [7, 11) is -3.53. The Hall–Kier alpha value is -1.32. The van der Waals surface area contributed by atoms with E-state index in [2.05, 4.69) is 0 Å². The van der Waals surface area contributed by atoms with E-state index in [1.54, 1.807) is 0 Å². The Morgan fingerprint density at radius 2 is 1.90 bits per heavy atom. The number of alkyl halides is 3. The van der Waals surface area contributed by atoms with Crippen molar-refractivity contribution in [2.45, 2.75) is 24.0 Å². The maximum atomic E-state index is 12.6. The Balaban J connectivity index is 3.41. The largest absolute Gasteiger partial charge is 0.480 e. The maximum Gasteiger partial charge on any atom is 0.416 e. The first kappa shape index (κ1) is 17.7. The van der Waals surface area contributed by atoms with Crippen LogP contribution in [0, 0.1) is 0 Å². The minimum Gasteiger partial charge on any atom is -0.480 e. The molecule has 10 heteroatoms. The number of benzene rings is 1. The van der Waals surface area contributed by atoms with E-state index < -0.39 is 43.7 Å². The molecule has 0 spiro atoms. The van der Waals surface area contributed by atoms with Crippen LogP contribution in [-0.2, 0) is 21.0 Å². The Bertz CT molecular complexity index is 660. The van der Waals surface area contributed by atoms with Crippen molar-refractivity contribution >= 4 is 27.6 Å². The molecule has 0 heterocycles. The number of nitrogens with zero attached hydrogens (tertiary/aromatic N) is 1. The minimum absolute atomic E-state index is 0.378. The number of halogens is 4. The van der Waals surface area contributed by atoms with E-state index in [9.17, 15) is 26.4 Å². The Kier molecular flexibility index (Phi) is 4.91. The first-order chi connectivity index (χ1) is 9.39. The lowest BCUT2D eigenvalue weighted by molar-refractivity contribution is -0.140. The highest BCUT2D eigenvalue weighted by Gasteiger charge is 2.35. The van der Waals surface area contributed by atoms with Crippen molar-refractivity contribution in [3.05, 3.63) is 28.8 Å². The van der Waals surface area contributed by atoms with Gasteiger partial charge in [0.15, 0.2) is 0 Å². The van der Waals surface area contributed by atoms with Gasteiger partial charge in [0.25, 0.3) is 0 Å². The molecule has 1 unspecified atom stereocenters. The van der Waals surface area contributed by atoms with Crippen LogP contribution in [0.2, 0.25) is 5.02 Å². The van der Waals surface area contributed by atoms with Gasteiger partial charge < -0.3 is 5.11 Å². The fraction of sp³-hybridized carbons (Fsp3) is 0.364. The summed E-state index contributed by atoms with van der Waals surface area (Å²) in [5.74, 6) is -1.44. The summed E-state index contributed by atoms with van der Waals surface area (Å²) in [6.07, 6.45) is -4.74. The number of rotatable bonds is 4. The van der Waals surface area contributed by atoms with Gasteiger partial charge in [-0.3, -0.25) is 4.79 Å². The molecule has 0 saturated heterocycles. The first-order valence-electron chi connectivity index (χ1n) is 5.46. The molecule has 0 fully saturated rings. The normalized spacial score (nSPS) is 14.2. The standard InChI is InChI=1S/C11H11ClF3NO4S/c1-6(10(17)18)16(2)21(19,20)9-5-7(11(13,14)15)3-4-8(9)12/h3-6H,1-2H3,(H,17,18). The zero-order chi connectivity index (χ0) is 16.6. The topological polar surface area (TPSA) is 74.7 Å². The average molecular weight is 346 g/mol. The molecular weight excluding hydrogens is 335 g/mol. The molecule has 0 aliphatic rings. The van der Waals surface area contributed by atoms with Gasteiger partial charge in [-0.25, -0.2) is 8.42 Å². The third-order valence-electron chi connectivity index (χ3n) is 2.82. The van der Waals surface area contributed by atoms with Gasteiger partial charge in [0.2, 0.25) is 10.0 Å². The second-order valence-electron chi connectivity index (χ2n) is 4.18. The fourth-order valence-corrected chi connectivity index (χ4v) is 3.21. The number of likely N-dealkylation sites (N-methyl/N-ethyl adjacent to an activating group) is 1. The van der Waals surface area contributed by atoms with E-state index in [1.807, 2.05) is 0 Å². The van der Waals surface area contributed by atoms with Crippen LogP contribution in [0.15, 0.2) is 23.1 Å². The minimum atomic E-state index is -4.74. The highest BCUT2D eigenvalue weighted by molar-refractivity contribution is 7.89. The third-order valence-corrected chi connectivity index (χ3v) is 5.23. The Morgan fingerprint density at radius 3 is 2.33 bits per heavy atom. The quantitative estimate of drug-likeness (QED) is 0.909. The van der Waals surface area contributed by atoms with Crippen molar-refractivity contribution in [3.63, 3.8) is 0 Å². The molecule has 1 N–H and O–H groups in total. The van der Waals surface area contributed by atoms with Crippen LogP contribution in [0.3, 0.4) is 0 Å². The highest BCUT2D eigenvalue weighted by atomic mass is 35.5. The molecule has 21 heavy (non-hydrogen) atoms. The molecule has 1 aromatic carbocycles. The maximum absolute atomic E-state index is 12.6. The number of hydrogen-bond acceptors (Lipinski definition) is 3. The number of carbonyl (C=O) groups is 1. The lowest BCUT2D eigenvalue weighted by Gasteiger charge is -2.22. The number of sulfonamides is 1. The second kappa shape index (κ2) is 5.82. The van der Waals surface area contributed by atoms with Crippen molar-refractivity contribution in [1.29, 1.82) is 0 Å². The number of aliphatic carboxylic acids is 1. The fourth-order valence-electron chi connectivity index (χ4n) is 1.40. The van der Waals surface area contributed by atoms with Gasteiger partial charge in [0.05, 0.1) is 10.6 Å². The first-order valence-corrected chi connectivity index (χ1v) is 7.28. The molecule has 0 radical (unpaired) electrons. The van der Waals surface area contributed by atoms with Crippen LogP contribution in [0.1, 0.15) is 12.5 Å². The molecule has 0 aliphatic heterocycles. The van der Waals surface area contributed by atoms with Gasteiger partial charge in [0.1, 0.15) is 10.9 Å². The van der Waals surface area contributed by atoms with E-state index in [4.69, 9.17) is 16.7 Å². The summed E-state index contributed by atoms with van der Waals surface area (Å²) in [5.41, 5.74) is -1.19. The molecule has 0 aliphatic carbocycles. The SMILES string of the molecule is CC(C(=O)O)N(C)S(=O)(=O)c1cc(C(F)(F)F)ccc1Cl. The summed E-state index contributed by atoms with van der Waals surface area (Å²) in [6.45, 7) is 1.08. The van der Waals surface area contributed by atoms with Crippen LogP contribution in [-0.4, -0.2) is 36.9 Å². The average Bonchev–Trinajstić information content (AvgIpc) is 2.35.